The van der Waals surface area contributed by atoms with Gasteiger partial charge in [-0.15, -0.1) is 0 Å². The van der Waals surface area contributed by atoms with Gasteiger partial charge in [0, 0.05) is 24.3 Å². The predicted octanol–water partition coefficient (Wildman–Crippen LogP) is 5.09. The van der Waals surface area contributed by atoms with E-state index in [1.54, 1.807) is 30.3 Å². The molecule has 0 spiro atoms. The fourth-order valence-corrected chi connectivity index (χ4v) is 2.55. The minimum atomic E-state index is -0.213. The maximum atomic E-state index is 12.3. The van der Waals surface area contributed by atoms with Gasteiger partial charge in [0.15, 0.2) is 0 Å². The molecule has 1 N–H and O–H groups in total. The van der Waals surface area contributed by atoms with Gasteiger partial charge in [0.05, 0.1) is 15.7 Å². The molecule has 0 radical (unpaired) electrons. The second-order valence-electron chi connectivity index (χ2n) is 4.77. The highest BCUT2D eigenvalue weighted by molar-refractivity contribution is 6.44. The summed E-state index contributed by atoms with van der Waals surface area (Å²) in [5, 5.41) is 3.53. The molecular formula is C17H18Cl2N2O. The number of hydrogen-bond acceptors (Lipinski definition) is 2. The lowest BCUT2D eigenvalue weighted by atomic mass is 10.1. The van der Waals surface area contributed by atoms with Crippen LogP contribution in [0.5, 0.6) is 0 Å². The highest BCUT2D eigenvalue weighted by Gasteiger charge is 2.11. The van der Waals surface area contributed by atoms with Crippen molar-refractivity contribution in [1.29, 1.82) is 0 Å². The molecule has 0 heterocycles. The molecule has 2 aromatic rings. The lowest BCUT2D eigenvalue weighted by Crippen LogP contribution is -2.21. The van der Waals surface area contributed by atoms with E-state index >= 15 is 0 Å². The Morgan fingerprint density at radius 2 is 1.68 bits per heavy atom. The van der Waals surface area contributed by atoms with Gasteiger partial charge in [-0.2, -0.15) is 0 Å². The maximum absolute atomic E-state index is 12.3. The first-order chi connectivity index (χ1) is 10.6. The third kappa shape index (κ3) is 3.73. The number of carbonyl (C=O) groups is 1. The number of rotatable bonds is 5. The summed E-state index contributed by atoms with van der Waals surface area (Å²) < 4.78 is 0. The smallest absolute Gasteiger partial charge is 0.255 e. The van der Waals surface area contributed by atoms with Gasteiger partial charge in [-0.25, -0.2) is 0 Å². The van der Waals surface area contributed by atoms with E-state index in [-0.39, 0.29) is 5.91 Å². The van der Waals surface area contributed by atoms with Crippen molar-refractivity contribution in [3.05, 3.63) is 58.1 Å². The van der Waals surface area contributed by atoms with Gasteiger partial charge in [-0.1, -0.05) is 29.3 Å². The van der Waals surface area contributed by atoms with Gasteiger partial charge in [0.2, 0.25) is 0 Å². The summed E-state index contributed by atoms with van der Waals surface area (Å²) in [4.78, 5) is 14.5. The van der Waals surface area contributed by atoms with E-state index < -0.39 is 0 Å². The third-order valence-corrected chi connectivity index (χ3v) is 4.28. The highest BCUT2D eigenvalue weighted by atomic mass is 35.5. The van der Waals surface area contributed by atoms with E-state index in [0.29, 0.717) is 21.3 Å². The fraction of sp³-hybridized carbons (Fsp3) is 0.235. The van der Waals surface area contributed by atoms with E-state index in [2.05, 4.69) is 24.1 Å². The SMILES string of the molecule is CCN(CC)c1ccc(C(=O)Nc2cccc(Cl)c2Cl)cc1. The first-order valence-corrected chi connectivity index (χ1v) is 7.92. The van der Waals surface area contributed by atoms with Gasteiger partial charge >= 0.3 is 0 Å². The molecule has 0 atom stereocenters. The normalized spacial score (nSPS) is 10.4. The van der Waals surface area contributed by atoms with Crippen molar-refractivity contribution >= 4 is 40.5 Å². The fourth-order valence-electron chi connectivity index (χ4n) is 2.21. The Kier molecular flexibility index (Phi) is 5.69. The van der Waals surface area contributed by atoms with Crippen molar-refractivity contribution in [2.24, 2.45) is 0 Å². The molecular weight excluding hydrogens is 319 g/mol. The summed E-state index contributed by atoms with van der Waals surface area (Å²) in [6.45, 7) is 6.07. The summed E-state index contributed by atoms with van der Waals surface area (Å²) in [5.74, 6) is -0.213. The van der Waals surface area contributed by atoms with Crippen LogP contribution in [0.2, 0.25) is 10.0 Å². The number of nitrogens with one attached hydrogen (secondary N) is 1. The predicted molar refractivity (Wildman–Crippen MR) is 94.4 cm³/mol. The van der Waals surface area contributed by atoms with E-state index in [9.17, 15) is 4.79 Å². The Hall–Kier alpha value is -1.71. The molecule has 0 aromatic heterocycles. The number of benzene rings is 2. The standard InChI is InChI=1S/C17H18Cl2N2O/c1-3-21(4-2)13-10-8-12(9-11-13)17(22)20-15-7-5-6-14(18)16(15)19/h5-11H,3-4H2,1-2H3,(H,20,22). The number of hydrogen-bond donors (Lipinski definition) is 1. The summed E-state index contributed by atoms with van der Waals surface area (Å²) >= 11 is 12.0. The van der Waals surface area contributed by atoms with Crippen LogP contribution in [0.3, 0.4) is 0 Å². The lowest BCUT2D eigenvalue weighted by Gasteiger charge is -2.21. The molecule has 2 aromatic carbocycles. The zero-order chi connectivity index (χ0) is 16.1. The Labute approximate surface area is 140 Å². The second kappa shape index (κ2) is 7.52. The average molecular weight is 337 g/mol. The third-order valence-electron chi connectivity index (χ3n) is 3.46. The van der Waals surface area contributed by atoms with E-state index in [1.807, 2.05) is 12.1 Å². The van der Waals surface area contributed by atoms with Crippen LogP contribution in [-0.4, -0.2) is 19.0 Å². The summed E-state index contributed by atoms with van der Waals surface area (Å²) in [6, 6.07) is 12.6. The molecule has 0 aliphatic carbocycles. The molecule has 1 amide bonds. The molecule has 5 heteroatoms. The van der Waals surface area contributed by atoms with Crippen LogP contribution in [0.15, 0.2) is 42.5 Å². The molecule has 0 unspecified atom stereocenters. The molecule has 0 fully saturated rings. The Bertz CT molecular complexity index is 652. The molecule has 0 aliphatic rings. The summed E-state index contributed by atoms with van der Waals surface area (Å²) in [6.07, 6.45) is 0. The average Bonchev–Trinajstić information content (AvgIpc) is 2.53. The largest absolute Gasteiger partial charge is 0.372 e. The number of nitrogens with zero attached hydrogens (tertiary/aromatic N) is 1. The molecule has 3 nitrogen and oxygen atoms in total. The van der Waals surface area contributed by atoms with E-state index in [4.69, 9.17) is 23.2 Å². The maximum Gasteiger partial charge on any atom is 0.255 e. The minimum Gasteiger partial charge on any atom is -0.372 e. The van der Waals surface area contributed by atoms with Crippen LogP contribution in [0.25, 0.3) is 0 Å². The van der Waals surface area contributed by atoms with Crippen molar-refractivity contribution in [2.75, 3.05) is 23.3 Å². The molecule has 22 heavy (non-hydrogen) atoms. The first kappa shape index (κ1) is 16.7. The number of amides is 1. The molecule has 0 bridgehead atoms. The second-order valence-corrected chi connectivity index (χ2v) is 5.56. The Morgan fingerprint density at radius 1 is 1.05 bits per heavy atom. The van der Waals surface area contributed by atoms with Crippen LogP contribution in [0, 0.1) is 0 Å². The molecule has 0 saturated carbocycles. The van der Waals surface area contributed by atoms with Gasteiger partial charge in [-0.3, -0.25) is 4.79 Å². The van der Waals surface area contributed by atoms with Gasteiger partial charge < -0.3 is 10.2 Å². The van der Waals surface area contributed by atoms with Crippen LogP contribution in [0.4, 0.5) is 11.4 Å². The zero-order valence-electron chi connectivity index (χ0n) is 12.6. The van der Waals surface area contributed by atoms with Crippen LogP contribution < -0.4 is 10.2 Å². The van der Waals surface area contributed by atoms with Crippen LogP contribution in [-0.2, 0) is 0 Å². The summed E-state index contributed by atoms with van der Waals surface area (Å²) in [5.41, 5.74) is 2.18. The molecule has 2 rings (SSSR count). The monoisotopic (exact) mass is 336 g/mol. The number of halogens is 2. The van der Waals surface area contributed by atoms with Crippen molar-refractivity contribution in [3.63, 3.8) is 0 Å². The Balaban J connectivity index is 2.15. The van der Waals surface area contributed by atoms with E-state index in [1.165, 1.54) is 0 Å². The van der Waals surface area contributed by atoms with Crippen LogP contribution in [0.1, 0.15) is 24.2 Å². The minimum absolute atomic E-state index is 0.213. The van der Waals surface area contributed by atoms with Gasteiger partial charge in [-0.05, 0) is 50.2 Å². The van der Waals surface area contributed by atoms with Crippen molar-refractivity contribution in [2.45, 2.75) is 13.8 Å². The van der Waals surface area contributed by atoms with Gasteiger partial charge in [0.25, 0.3) is 5.91 Å². The van der Waals surface area contributed by atoms with Crippen LogP contribution >= 0.6 is 23.2 Å². The van der Waals surface area contributed by atoms with Crippen molar-refractivity contribution in [3.8, 4) is 0 Å². The van der Waals surface area contributed by atoms with Gasteiger partial charge in [0.1, 0.15) is 0 Å². The highest BCUT2D eigenvalue weighted by Crippen LogP contribution is 2.29. The zero-order valence-corrected chi connectivity index (χ0v) is 14.1. The summed E-state index contributed by atoms with van der Waals surface area (Å²) in [7, 11) is 0. The molecule has 0 aliphatic heterocycles. The quantitative estimate of drug-likeness (QED) is 0.824. The Morgan fingerprint density at radius 3 is 2.27 bits per heavy atom. The number of carbonyl (C=O) groups excluding carboxylic acids is 1. The first-order valence-electron chi connectivity index (χ1n) is 7.17. The number of anilines is 2. The van der Waals surface area contributed by atoms with Crippen molar-refractivity contribution in [1.82, 2.24) is 0 Å². The lowest BCUT2D eigenvalue weighted by molar-refractivity contribution is 0.102. The van der Waals surface area contributed by atoms with E-state index in [0.717, 1.165) is 18.8 Å². The molecule has 116 valence electrons. The van der Waals surface area contributed by atoms with Crippen molar-refractivity contribution < 1.29 is 4.79 Å². The molecule has 0 saturated heterocycles. The topological polar surface area (TPSA) is 32.3 Å².